The Bertz CT molecular complexity index is 989. The van der Waals surface area contributed by atoms with Crippen molar-refractivity contribution < 1.29 is 27.1 Å². The third-order valence-electron chi connectivity index (χ3n) is 5.34. The molecule has 176 valence electrons. The van der Waals surface area contributed by atoms with Gasteiger partial charge in [0.05, 0.1) is 17.9 Å². The van der Waals surface area contributed by atoms with E-state index in [1.165, 1.54) is 11.0 Å². The number of imide groups is 1. The van der Waals surface area contributed by atoms with E-state index in [1.54, 1.807) is 24.3 Å². The second kappa shape index (κ2) is 9.99. The average molecular weight is 468 g/mol. The molecule has 1 saturated carbocycles. The number of urea groups is 1. The standard InChI is InChI=1S/C22H30FN3O5S/c1-16(2)15-31-19-14-17(6-7-18(19)23)22(9-10-22)25-32(29,30)13-5-3-4-11-26-12-8-20(27)24-21(26)28/h3-4,6-7,14,16,25H,5,8-13,15H2,1-2H3,(H,24,27,28)/b4-3+. The van der Waals surface area contributed by atoms with Crippen LogP contribution in [0.2, 0.25) is 0 Å². The van der Waals surface area contributed by atoms with Gasteiger partial charge in [-0.05, 0) is 42.9 Å². The molecule has 0 aromatic heterocycles. The molecule has 8 nitrogen and oxygen atoms in total. The Morgan fingerprint density at radius 1 is 1.28 bits per heavy atom. The third kappa shape index (κ3) is 6.52. The molecule has 0 bridgehead atoms. The first-order valence-corrected chi connectivity index (χ1v) is 12.4. The molecule has 1 aliphatic carbocycles. The zero-order valence-corrected chi connectivity index (χ0v) is 19.2. The number of carbonyl (C=O) groups excluding carboxylic acids is 2. The van der Waals surface area contributed by atoms with Crippen LogP contribution in [0.15, 0.2) is 30.4 Å². The number of amides is 3. The Morgan fingerprint density at radius 2 is 2.03 bits per heavy atom. The van der Waals surface area contributed by atoms with Crippen molar-refractivity contribution in [2.75, 3.05) is 25.4 Å². The molecule has 1 aromatic carbocycles. The zero-order chi connectivity index (χ0) is 23.4. The minimum absolute atomic E-state index is 0.103. The summed E-state index contributed by atoms with van der Waals surface area (Å²) in [5.74, 6) is -0.487. The average Bonchev–Trinajstić information content (AvgIpc) is 3.48. The predicted octanol–water partition coefficient (Wildman–Crippen LogP) is 2.66. The van der Waals surface area contributed by atoms with E-state index in [-0.39, 0.29) is 36.2 Å². The van der Waals surface area contributed by atoms with Crippen molar-refractivity contribution >= 4 is 22.0 Å². The van der Waals surface area contributed by atoms with Crippen molar-refractivity contribution in [3.63, 3.8) is 0 Å². The number of benzene rings is 1. The molecule has 3 rings (SSSR count). The number of ether oxygens (including phenoxy) is 1. The normalized spacial score (nSPS) is 18.3. The number of rotatable bonds is 11. The number of hydrogen-bond acceptors (Lipinski definition) is 5. The summed E-state index contributed by atoms with van der Waals surface area (Å²) in [5.41, 5.74) is -0.0209. The molecule has 2 aliphatic rings. The second-order valence-electron chi connectivity index (χ2n) is 8.66. The first-order chi connectivity index (χ1) is 15.1. The van der Waals surface area contributed by atoms with Crippen molar-refractivity contribution in [2.24, 2.45) is 5.92 Å². The summed E-state index contributed by atoms with van der Waals surface area (Å²) in [6.07, 6.45) is 5.24. The van der Waals surface area contributed by atoms with Gasteiger partial charge in [-0.1, -0.05) is 32.1 Å². The molecule has 0 radical (unpaired) electrons. The number of allylic oxidation sites excluding steroid dienone is 1. The lowest BCUT2D eigenvalue weighted by molar-refractivity contribution is -0.121. The molecule has 1 aliphatic heterocycles. The molecular formula is C22H30FN3O5S. The molecule has 2 fully saturated rings. The van der Waals surface area contributed by atoms with Gasteiger partial charge in [0.15, 0.2) is 11.6 Å². The summed E-state index contributed by atoms with van der Waals surface area (Å²) in [5, 5.41) is 2.24. The molecule has 32 heavy (non-hydrogen) atoms. The molecule has 3 amide bonds. The van der Waals surface area contributed by atoms with Crippen LogP contribution in [-0.2, 0) is 20.4 Å². The van der Waals surface area contributed by atoms with Crippen molar-refractivity contribution in [1.29, 1.82) is 0 Å². The van der Waals surface area contributed by atoms with Crippen LogP contribution < -0.4 is 14.8 Å². The Labute approximate surface area is 188 Å². The predicted molar refractivity (Wildman–Crippen MR) is 118 cm³/mol. The molecule has 0 unspecified atom stereocenters. The zero-order valence-electron chi connectivity index (χ0n) is 18.4. The van der Waals surface area contributed by atoms with Crippen molar-refractivity contribution in [2.45, 2.75) is 45.1 Å². The van der Waals surface area contributed by atoms with Gasteiger partial charge in [-0.2, -0.15) is 0 Å². The first-order valence-electron chi connectivity index (χ1n) is 10.8. The van der Waals surface area contributed by atoms with E-state index >= 15 is 0 Å². The van der Waals surface area contributed by atoms with Crippen LogP contribution >= 0.6 is 0 Å². The first kappa shape index (κ1) is 24.2. The molecule has 0 atom stereocenters. The molecule has 1 heterocycles. The number of nitrogens with one attached hydrogen (secondary N) is 2. The molecule has 1 saturated heterocycles. The molecular weight excluding hydrogens is 437 g/mol. The van der Waals surface area contributed by atoms with Gasteiger partial charge in [0.1, 0.15) is 0 Å². The summed E-state index contributed by atoms with van der Waals surface area (Å²) >= 11 is 0. The van der Waals surface area contributed by atoms with Crippen LogP contribution in [0.5, 0.6) is 5.75 Å². The van der Waals surface area contributed by atoms with Crippen LogP contribution in [0, 0.1) is 11.7 Å². The van der Waals surface area contributed by atoms with Gasteiger partial charge in [-0.25, -0.2) is 22.3 Å². The number of sulfonamides is 1. The highest BCUT2D eigenvalue weighted by Gasteiger charge is 2.47. The fourth-order valence-corrected chi connectivity index (χ4v) is 4.87. The minimum atomic E-state index is -3.57. The second-order valence-corrected chi connectivity index (χ2v) is 10.5. The van der Waals surface area contributed by atoms with E-state index in [0.29, 0.717) is 38.1 Å². The monoisotopic (exact) mass is 467 g/mol. The van der Waals surface area contributed by atoms with Crippen LogP contribution in [0.3, 0.4) is 0 Å². The number of carbonyl (C=O) groups is 2. The van der Waals surface area contributed by atoms with Crippen LogP contribution in [0.4, 0.5) is 9.18 Å². The number of nitrogens with zero attached hydrogens (tertiary/aromatic N) is 1. The molecule has 2 N–H and O–H groups in total. The van der Waals surface area contributed by atoms with Gasteiger partial charge in [-0.15, -0.1) is 0 Å². The largest absolute Gasteiger partial charge is 0.490 e. The van der Waals surface area contributed by atoms with Crippen molar-refractivity contribution in [3.8, 4) is 5.75 Å². The highest BCUT2D eigenvalue weighted by molar-refractivity contribution is 7.89. The summed E-state index contributed by atoms with van der Waals surface area (Å²) in [7, 11) is -3.57. The lowest BCUT2D eigenvalue weighted by atomic mass is 10.1. The van der Waals surface area contributed by atoms with E-state index in [0.717, 1.165) is 0 Å². The third-order valence-corrected chi connectivity index (χ3v) is 6.82. The summed E-state index contributed by atoms with van der Waals surface area (Å²) < 4.78 is 47.6. The molecule has 1 aromatic rings. The number of hydrogen-bond donors (Lipinski definition) is 2. The van der Waals surface area contributed by atoms with Gasteiger partial charge < -0.3 is 9.64 Å². The fourth-order valence-electron chi connectivity index (χ4n) is 3.41. The SMILES string of the molecule is CC(C)COc1cc(C2(NS(=O)(=O)CC/C=C/CN3CCC(=O)NC3=O)CC2)ccc1F. The van der Waals surface area contributed by atoms with Crippen molar-refractivity contribution in [1.82, 2.24) is 14.9 Å². The Balaban J connectivity index is 1.53. The summed E-state index contributed by atoms with van der Waals surface area (Å²) in [6.45, 7) is 4.97. The van der Waals surface area contributed by atoms with E-state index in [4.69, 9.17) is 4.74 Å². The van der Waals surface area contributed by atoms with Crippen LogP contribution in [0.1, 0.15) is 45.1 Å². The quantitative estimate of drug-likeness (QED) is 0.487. The number of halogens is 1. The van der Waals surface area contributed by atoms with E-state index < -0.39 is 27.4 Å². The van der Waals surface area contributed by atoms with Gasteiger partial charge in [-0.3, -0.25) is 10.1 Å². The lowest BCUT2D eigenvalue weighted by Gasteiger charge is -2.25. The molecule has 10 heteroatoms. The van der Waals surface area contributed by atoms with Crippen molar-refractivity contribution in [3.05, 3.63) is 41.7 Å². The molecule has 0 spiro atoms. The van der Waals surface area contributed by atoms with Gasteiger partial charge in [0.2, 0.25) is 15.9 Å². The Hall–Kier alpha value is -2.46. The minimum Gasteiger partial charge on any atom is -0.490 e. The van der Waals surface area contributed by atoms with E-state index in [9.17, 15) is 22.4 Å². The van der Waals surface area contributed by atoms with Crippen LogP contribution in [0.25, 0.3) is 0 Å². The maximum Gasteiger partial charge on any atom is 0.324 e. The highest BCUT2D eigenvalue weighted by atomic mass is 32.2. The van der Waals surface area contributed by atoms with Gasteiger partial charge in [0, 0.05) is 19.5 Å². The highest BCUT2D eigenvalue weighted by Crippen LogP contribution is 2.47. The summed E-state index contributed by atoms with van der Waals surface area (Å²) in [6, 6.07) is 4.06. The Morgan fingerprint density at radius 3 is 2.69 bits per heavy atom. The summed E-state index contributed by atoms with van der Waals surface area (Å²) in [4.78, 5) is 24.3. The lowest BCUT2D eigenvalue weighted by Crippen LogP contribution is -2.49. The fraction of sp³-hybridized carbons (Fsp3) is 0.545. The van der Waals surface area contributed by atoms with E-state index in [1.807, 2.05) is 13.8 Å². The topological polar surface area (TPSA) is 105 Å². The smallest absolute Gasteiger partial charge is 0.324 e. The van der Waals surface area contributed by atoms with E-state index in [2.05, 4.69) is 10.0 Å². The maximum absolute atomic E-state index is 14.1. The van der Waals surface area contributed by atoms with Gasteiger partial charge in [0.25, 0.3) is 0 Å². The van der Waals surface area contributed by atoms with Crippen LogP contribution in [-0.4, -0.2) is 50.7 Å². The maximum atomic E-state index is 14.1. The van der Waals surface area contributed by atoms with Gasteiger partial charge >= 0.3 is 6.03 Å². The Kier molecular flexibility index (Phi) is 7.55.